The van der Waals surface area contributed by atoms with Crippen molar-refractivity contribution < 1.29 is 0 Å². The highest BCUT2D eigenvalue weighted by Crippen LogP contribution is 2.32. The molecule has 1 aromatic rings. The van der Waals surface area contributed by atoms with Crippen molar-refractivity contribution in [3.05, 3.63) is 5.69 Å². The number of aromatic nitrogens is 3. The lowest BCUT2D eigenvalue weighted by Crippen LogP contribution is -2.04. The zero-order valence-electron chi connectivity index (χ0n) is 8.74. The summed E-state index contributed by atoms with van der Waals surface area (Å²) in [4.78, 5) is 0. The SMILES string of the molecule is Cn1nnc(C2CCCCCC2)c1N. The smallest absolute Gasteiger partial charge is 0.145 e. The van der Waals surface area contributed by atoms with Crippen molar-refractivity contribution in [3.8, 4) is 0 Å². The summed E-state index contributed by atoms with van der Waals surface area (Å²) in [6.07, 6.45) is 7.78. The van der Waals surface area contributed by atoms with Crippen LogP contribution in [0.5, 0.6) is 0 Å². The minimum absolute atomic E-state index is 0.547. The fourth-order valence-electron chi connectivity index (χ4n) is 2.22. The molecule has 0 bridgehead atoms. The van der Waals surface area contributed by atoms with E-state index in [0.717, 1.165) is 11.5 Å². The van der Waals surface area contributed by atoms with Crippen molar-refractivity contribution in [2.24, 2.45) is 7.05 Å². The highest BCUT2D eigenvalue weighted by molar-refractivity contribution is 5.36. The van der Waals surface area contributed by atoms with Crippen LogP contribution in [0.4, 0.5) is 5.82 Å². The quantitative estimate of drug-likeness (QED) is 0.694. The summed E-state index contributed by atoms with van der Waals surface area (Å²) in [5, 5.41) is 8.13. The van der Waals surface area contributed by atoms with Crippen LogP contribution in [0.15, 0.2) is 0 Å². The second-order valence-corrected chi connectivity index (χ2v) is 4.17. The van der Waals surface area contributed by atoms with E-state index in [0.29, 0.717) is 5.92 Å². The van der Waals surface area contributed by atoms with Crippen molar-refractivity contribution in [3.63, 3.8) is 0 Å². The normalized spacial score (nSPS) is 19.5. The second-order valence-electron chi connectivity index (χ2n) is 4.17. The molecule has 2 N–H and O–H groups in total. The molecule has 0 amide bonds. The number of hydrogen-bond acceptors (Lipinski definition) is 3. The summed E-state index contributed by atoms with van der Waals surface area (Å²) in [6, 6.07) is 0. The van der Waals surface area contributed by atoms with Crippen LogP contribution in [0, 0.1) is 0 Å². The van der Waals surface area contributed by atoms with Crippen LogP contribution in [-0.4, -0.2) is 15.0 Å². The second kappa shape index (κ2) is 3.98. The van der Waals surface area contributed by atoms with Crippen LogP contribution in [0.3, 0.4) is 0 Å². The fraction of sp³-hybridized carbons (Fsp3) is 0.800. The number of rotatable bonds is 1. The minimum Gasteiger partial charge on any atom is -0.382 e. The predicted molar refractivity (Wildman–Crippen MR) is 55.9 cm³/mol. The molecule has 4 heteroatoms. The van der Waals surface area contributed by atoms with E-state index in [2.05, 4.69) is 10.3 Å². The summed E-state index contributed by atoms with van der Waals surface area (Å²) < 4.78 is 1.67. The van der Waals surface area contributed by atoms with Crippen LogP contribution < -0.4 is 5.73 Å². The predicted octanol–water partition coefficient (Wildman–Crippen LogP) is 1.84. The third-order valence-electron chi connectivity index (χ3n) is 3.14. The molecule has 0 spiro atoms. The molecular weight excluding hydrogens is 176 g/mol. The summed E-state index contributed by atoms with van der Waals surface area (Å²) in [7, 11) is 1.85. The Morgan fingerprint density at radius 2 is 1.86 bits per heavy atom. The Hall–Kier alpha value is -1.06. The van der Waals surface area contributed by atoms with Crippen molar-refractivity contribution in [1.82, 2.24) is 15.0 Å². The molecule has 0 unspecified atom stereocenters. The first-order valence-corrected chi connectivity index (χ1v) is 5.44. The Morgan fingerprint density at radius 3 is 2.36 bits per heavy atom. The average Bonchev–Trinajstić information content (AvgIpc) is 2.47. The Bertz CT molecular complexity index is 297. The molecule has 0 aliphatic heterocycles. The van der Waals surface area contributed by atoms with Gasteiger partial charge in [0.1, 0.15) is 11.5 Å². The molecule has 4 nitrogen and oxygen atoms in total. The fourth-order valence-corrected chi connectivity index (χ4v) is 2.22. The maximum atomic E-state index is 5.92. The molecule has 14 heavy (non-hydrogen) atoms. The largest absolute Gasteiger partial charge is 0.382 e. The van der Waals surface area contributed by atoms with Crippen LogP contribution in [0.1, 0.15) is 50.1 Å². The molecule has 78 valence electrons. The number of nitrogen functional groups attached to an aromatic ring is 1. The zero-order valence-corrected chi connectivity index (χ0v) is 8.74. The van der Waals surface area contributed by atoms with Gasteiger partial charge in [-0.2, -0.15) is 0 Å². The molecule has 1 heterocycles. The van der Waals surface area contributed by atoms with E-state index in [4.69, 9.17) is 5.73 Å². The Balaban J connectivity index is 2.16. The summed E-state index contributed by atoms with van der Waals surface area (Å²) in [5.41, 5.74) is 6.95. The maximum Gasteiger partial charge on any atom is 0.145 e. The van der Waals surface area contributed by atoms with Gasteiger partial charge in [-0.3, -0.25) is 0 Å². The van der Waals surface area contributed by atoms with Gasteiger partial charge in [-0.1, -0.05) is 30.9 Å². The number of hydrogen-bond donors (Lipinski definition) is 1. The van der Waals surface area contributed by atoms with E-state index in [-0.39, 0.29) is 0 Å². The van der Waals surface area contributed by atoms with Crippen molar-refractivity contribution in [2.45, 2.75) is 44.4 Å². The molecular formula is C10H18N4. The van der Waals surface area contributed by atoms with E-state index < -0.39 is 0 Å². The summed E-state index contributed by atoms with van der Waals surface area (Å²) in [5.74, 6) is 1.29. The molecule has 2 rings (SSSR count). The molecule has 1 saturated carbocycles. The molecule has 1 aromatic heterocycles. The Morgan fingerprint density at radius 1 is 1.21 bits per heavy atom. The monoisotopic (exact) mass is 194 g/mol. The van der Waals surface area contributed by atoms with E-state index in [1.165, 1.54) is 38.5 Å². The molecule has 1 aliphatic rings. The van der Waals surface area contributed by atoms with Crippen molar-refractivity contribution in [2.75, 3.05) is 5.73 Å². The van der Waals surface area contributed by atoms with Crippen molar-refractivity contribution in [1.29, 1.82) is 0 Å². The number of anilines is 1. The first-order chi connectivity index (χ1) is 6.79. The number of aryl methyl sites for hydroxylation is 1. The minimum atomic E-state index is 0.547. The molecule has 0 saturated heterocycles. The van der Waals surface area contributed by atoms with Crippen molar-refractivity contribution >= 4 is 5.82 Å². The van der Waals surface area contributed by atoms with Crippen LogP contribution in [0.2, 0.25) is 0 Å². The zero-order chi connectivity index (χ0) is 9.97. The molecule has 0 aromatic carbocycles. The Kier molecular flexibility index (Phi) is 2.70. The Labute approximate surface area is 84.5 Å². The topological polar surface area (TPSA) is 56.7 Å². The van der Waals surface area contributed by atoms with Crippen LogP contribution in [-0.2, 0) is 7.05 Å². The van der Waals surface area contributed by atoms with Gasteiger partial charge in [0.05, 0.1) is 0 Å². The molecule has 1 fully saturated rings. The average molecular weight is 194 g/mol. The van der Waals surface area contributed by atoms with Gasteiger partial charge in [0.15, 0.2) is 0 Å². The van der Waals surface area contributed by atoms with E-state index >= 15 is 0 Å². The molecule has 0 radical (unpaired) electrons. The third kappa shape index (κ3) is 1.74. The van der Waals surface area contributed by atoms with Crippen LogP contribution in [0.25, 0.3) is 0 Å². The number of nitrogens with zero attached hydrogens (tertiary/aromatic N) is 3. The van der Waals surface area contributed by atoms with Gasteiger partial charge in [0.25, 0.3) is 0 Å². The lowest BCUT2D eigenvalue weighted by atomic mass is 9.97. The van der Waals surface area contributed by atoms with Gasteiger partial charge in [-0.15, -0.1) is 5.10 Å². The van der Waals surface area contributed by atoms with Crippen LogP contribution >= 0.6 is 0 Å². The molecule has 0 atom stereocenters. The van der Waals surface area contributed by atoms with Gasteiger partial charge in [-0.25, -0.2) is 4.68 Å². The highest BCUT2D eigenvalue weighted by Gasteiger charge is 2.20. The van der Waals surface area contributed by atoms with Gasteiger partial charge in [0.2, 0.25) is 0 Å². The summed E-state index contributed by atoms with van der Waals surface area (Å²) in [6.45, 7) is 0. The standard InChI is InChI=1S/C10H18N4/c1-14-10(11)9(12-13-14)8-6-4-2-3-5-7-8/h8H,2-7,11H2,1H3. The lowest BCUT2D eigenvalue weighted by molar-refractivity contribution is 0.577. The summed E-state index contributed by atoms with van der Waals surface area (Å²) >= 11 is 0. The first-order valence-electron chi connectivity index (χ1n) is 5.44. The third-order valence-corrected chi connectivity index (χ3v) is 3.14. The van der Waals surface area contributed by atoms with E-state index in [1.807, 2.05) is 7.05 Å². The van der Waals surface area contributed by atoms with E-state index in [1.54, 1.807) is 4.68 Å². The number of nitrogens with two attached hydrogens (primary N) is 1. The molecule has 1 aliphatic carbocycles. The lowest BCUT2D eigenvalue weighted by Gasteiger charge is -2.10. The van der Waals surface area contributed by atoms with Gasteiger partial charge >= 0.3 is 0 Å². The van der Waals surface area contributed by atoms with Gasteiger partial charge in [-0.05, 0) is 12.8 Å². The van der Waals surface area contributed by atoms with Gasteiger partial charge in [0, 0.05) is 13.0 Å². The first kappa shape index (κ1) is 9.49. The van der Waals surface area contributed by atoms with E-state index in [9.17, 15) is 0 Å². The highest BCUT2D eigenvalue weighted by atomic mass is 15.4. The maximum absolute atomic E-state index is 5.92. The van der Waals surface area contributed by atoms with Gasteiger partial charge < -0.3 is 5.73 Å².